The van der Waals surface area contributed by atoms with E-state index in [0.717, 1.165) is 24.8 Å². The maximum absolute atomic E-state index is 14.4. The molecule has 2 aliphatic rings. The molecule has 0 saturated heterocycles. The number of amides is 2. The first-order valence-corrected chi connectivity index (χ1v) is 13.4. The van der Waals surface area contributed by atoms with Crippen LogP contribution in [0.1, 0.15) is 42.9 Å². The van der Waals surface area contributed by atoms with Gasteiger partial charge in [-0.1, -0.05) is 54.6 Å². The average Bonchev–Trinajstić information content (AvgIpc) is 2.95. The summed E-state index contributed by atoms with van der Waals surface area (Å²) < 4.78 is 10.9. The molecule has 0 spiro atoms. The van der Waals surface area contributed by atoms with Gasteiger partial charge in [0.05, 0.1) is 19.9 Å². The number of benzene rings is 3. The predicted octanol–water partition coefficient (Wildman–Crippen LogP) is 5.64. The number of hydrogen-bond donors (Lipinski definition) is 1. The summed E-state index contributed by atoms with van der Waals surface area (Å²) in [6.45, 7) is 1.96. The molecule has 3 atom stereocenters. The quantitative estimate of drug-likeness (QED) is 0.445. The minimum absolute atomic E-state index is 0.0969. The van der Waals surface area contributed by atoms with Crippen LogP contribution in [0.4, 0.5) is 5.69 Å². The van der Waals surface area contributed by atoms with Crippen molar-refractivity contribution in [2.45, 2.75) is 51.1 Å². The van der Waals surface area contributed by atoms with E-state index in [2.05, 4.69) is 29.6 Å². The van der Waals surface area contributed by atoms with Gasteiger partial charge in [0, 0.05) is 19.5 Å². The molecule has 38 heavy (non-hydrogen) atoms. The second-order valence-corrected chi connectivity index (χ2v) is 10.6. The highest BCUT2D eigenvalue weighted by atomic mass is 16.5. The molecular formula is C32H36N2O4. The summed E-state index contributed by atoms with van der Waals surface area (Å²) in [4.78, 5) is 29.5. The smallest absolute Gasteiger partial charge is 0.250 e. The number of carbonyl (C=O) groups is 2. The van der Waals surface area contributed by atoms with Crippen molar-refractivity contribution in [1.82, 2.24) is 4.90 Å². The normalized spacial score (nSPS) is 22.0. The lowest BCUT2D eigenvalue weighted by Crippen LogP contribution is -2.61. The van der Waals surface area contributed by atoms with Crippen molar-refractivity contribution < 1.29 is 19.1 Å². The van der Waals surface area contributed by atoms with E-state index < -0.39 is 5.54 Å². The summed E-state index contributed by atoms with van der Waals surface area (Å²) in [5.74, 6) is 1.73. The number of carbonyl (C=O) groups excluding carboxylic acids is 2. The molecule has 3 aromatic rings. The third kappa shape index (κ3) is 5.00. The van der Waals surface area contributed by atoms with Gasteiger partial charge in [0.2, 0.25) is 11.8 Å². The molecule has 2 aliphatic carbocycles. The van der Waals surface area contributed by atoms with E-state index in [4.69, 9.17) is 9.47 Å². The molecule has 0 heterocycles. The van der Waals surface area contributed by atoms with Crippen LogP contribution in [0.3, 0.4) is 0 Å². The van der Waals surface area contributed by atoms with Gasteiger partial charge in [-0.3, -0.25) is 9.59 Å². The minimum atomic E-state index is -0.972. The van der Waals surface area contributed by atoms with Crippen LogP contribution in [0.5, 0.6) is 11.5 Å². The van der Waals surface area contributed by atoms with Crippen LogP contribution in [0, 0.1) is 11.8 Å². The molecule has 6 heteroatoms. The number of hydrogen-bond acceptors (Lipinski definition) is 4. The fraction of sp³-hybridized carbons (Fsp3) is 0.375. The number of nitrogens with zero attached hydrogens (tertiary/aromatic N) is 1. The predicted molar refractivity (Wildman–Crippen MR) is 148 cm³/mol. The van der Waals surface area contributed by atoms with Crippen LogP contribution in [0.15, 0.2) is 72.8 Å². The average molecular weight is 513 g/mol. The number of ether oxygens (including phenoxy) is 2. The molecule has 6 nitrogen and oxygen atoms in total. The highest BCUT2D eigenvalue weighted by molar-refractivity contribution is 6.01. The van der Waals surface area contributed by atoms with Gasteiger partial charge in [0.25, 0.3) is 0 Å². The summed E-state index contributed by atoms with van der Waals surface area (Å²) in [6.07, 6.45) is 4.10. The van der Waals surface area contributed by atoms with Gasteiger partial charge < -0.3 is 19.7 Å². The Morgan fingerprint density at radius 1 is 0.921 bits per heavy atom. The zero-order valence-corrected chi connectivity index (χ0v) is 22.4. The van der Waals surface area contributed by atoms with Crippen molar-refractivity contribution in [2.24, 2.45) is 11.8 Å². The molecule has 0 aromatic heterocycles. The monoisotopic (exact) mass is 512 g/mol. The maximum Gasteiger partial charge on any atom is 0.250 e. The molecule has 1 saturated carbocycles. The highest BCUT2D eigenvalue weighted by Crippen LogP contribution is 2.47. The number of anilines is 1. The Hall–Kier alpha value is -3.80. The van der Waals surface area contributed by atoms with Gasteiger partial charge in [-0.15, -0.1) is 0 Å². The Morgan fingerprint density at radius 2 is 1.61 bits per heavy atom. The lowest BCUT2D eigenvalue weighted by atomic mass is 9.62. The van der Waals surface area contributed by atoms with Crippen molar-refractivity contribution in [3.05, 3.63) is 89.5 Å². The van der Waals surface area contributed by atoms with E-state index in [1.807, 2.05) is 35.2 Å². The molecule has 1 fully saturated rings. The minimum Gasteiger partial charge on any atom is -0.497 e. The first kappa shape index (κ1) is 25.8. The number of methoxy groups -OCH3 is 2. The van der Waals surface area contributed by atoms with Crippen molar-refractivity contribution in [2.75, 3.05) is 19.5 Å². The van der Waals surface area contributed by atoms with E-state index in [1.165, 1.54) is 11.1 Å². The van der Waals surface area contributed by atoms with Crippen LogP contribution in [0.2, 0.25) is 0 Å². The zero-order valence-electron chi connectivity index (χ0n) is 22.4. The van der Waals surface area contributed by atoms with E-state index in [1.54, 1.807) is 39.3 Å². The molecule has 1 N–H and O–H groups in total. The third-order valence-corrected chi connectivity index (χ3v) is 8.44. The number of rotatable bonds is 7. The van der Waals surface area contributed by atoms with Crippen LogP contribution < -0.4 is 14.8 Å². The Balaban J connectivity index is 1.52. The topological polar surface area (TPSA) is 67.9 Å². The number of nitrogens with one attached hydrogen (secondary N) is 1. The van der Waals surface area contributed by atoms with E-state index in [9.17, 15) is 9.59 Å². The fourth-order valence-electron chi connectivity index (χ4n) is 6.44. The lowest BCUT2D eigenvalue weighted by Gasteiger charge is -2.50. The van der Waals surface area contributed by atoms with Gasteiger partial charge in [-0.25, -0.2) is 0 Å². The Morgan fingerprint density at radius 3 is 2.26 bits per heavy atom. The van der Waals surface area contributed by atoms with Crippen LogP contribution >= 0.6 is 0 Å². The third-order valence-electron chi connectivity index (χ3n) is 8.44. The first-order valence-electron chi connectivity index (χ1n) is 13.4. The van der Waals surface area contributed by atoms with Gasteiger partial charge in [-0.05, 0) is 72.8 Å². The van der Waals surface area contributed by atoms with Crippen LogP contribution in [0.25, 0.3) is 0 Å². The Bertz CT molecular complexity index is 1310. The largest absolute Gasteiger partial charge is 0.497 e. The number of fused-ring (bicyclic) bond motifs is 2. The molecule has 0 unspecified atom stereocenters. The first-order chi connectivity index (χ1) is 18.4. The molecule has 2 amide bonds. The SMILES string of the molecule is COc1ccc(NC(=O)[C@]2(N(Cc3ccccc3)C(C)=O)CC[C@@H]3Cc4ccccc4C[C@@H]3C2)c(OC)c1. The molecular weight excluding hydrogens is 476 g/mol. The standard InChI is InChI=1S/C32H36N2O4/c1-22(35)34(21-23-9-5-4-6-10-23)32(31(36)33-29-14-13-28(37-2)19-30(29)38-3)16-15-26-17-24-11-7-8-12-25(24)18-27(26)20-32/h4-14,19,26-27H,15-18,20-21H2,1-3H3,(H,33,36)/t26-,27-,32+/m1/s1. The van der Waals surface area contributed by atoms with E-state index >= 15 is 0 Å². The summed E-state index contributed by atoms with van der Waals surface area (Å²) in [5, 5.41) is 3.15. The second-order valence-electron chi connectivity index (χ2n) is 10.6. The Labute approximate surface area is 225 Å². The summed E-state index contributed by atoms with van der Waals surface area (Å²) in [7, 11) is 3.17. The molecule has 0 bridgehead atoms. The molecule has 198 valence electrons. The zero-order chi connectivity index (χ0) is 26.7. The Kier molecular flexibility index (Phi) is 7.41. The van der Waals surface area contributed by atoms with Gasteiger partial charge >= 0.3 is 0 Å². The fourth-order valence-corrected chi connectivity index (χ4v) is 6.44. The lowest BCUT2D eigenvalue weighted by molar-refractivity contribution is -0.149. The highest BCUT2D eigenvalue weighted by Gasteiger charge is 2.51. The van der Waals surface area contributed by atoms with Gasteiger partial charge in [-0.2, -0.15) is 0 Å². The van der Waals surface area contributed by atoms with Crippen LogP contribution in [-0.2, 0) is 29.0 Å². The van der Waals surface area contributed by atoms with Gasteiger partial charge in [0.1, 0.15) is 17.0 Å². The van der Waals surface area contributed by atoms with Crippen molar-refractivity contribution in [1.29, 1.82) is 0 Å². The molecule has 0 radical (unpaired) electrons. The van der Waals surface area contributed by atoms with Crippen molar-refractivity contribution in [3.8, 4) is 11.5 Å². The van der Waals surface area contributed by atoms with Crippen molar-refractivity contribution in [3.63, 3.8) is 0 Å². The molecule has 5 rings (SSSR count). The van der Waals surface area contributed by atoms with Crippen molar-refractivity contribution >= 4 is 17.5 Å². The summed E-state index contributed by atoms with van der Waals surface area (Å²) >= 11 is 0. The van der Waals surface area contributed by atoms with E-state index in [-0.39, 0.29) is 11.8 Å². The van der Waals surface area contributed by atoms with Crippen LogP contribution in [-0.4, -0.2) is 36.5 Å². The second kappa shape index (κ2) is 10.9. The summed E-state index contributed by atoms with van der Waals surface area (Å²) in [5.41, 5.74) is 3.38. The molecule has 3 aromatic carbocycles. The molecule has 0 aliphatic heterocycles. The maximum atomic E-state index is 14.4. The summed E-state index contributed by atoms with van der Waals surface area (Å²) in [6, 6.07) is 23.9. The van der Waals surface area contributed by atoms with Gasteiger partial charge in [0.15, 0.2) is 0 Å². The van der Waals surface area contributed by atoms with E-state index in [0.29, 0.717) is 48.4 Å².